The minimum absolute atomic E-state index is 0. The predicted molar refractivity (Wildman–Crippen MR) is 123 cm³/mol. The molecule has 0 saturated carbocycles. The van der Waals surface area contributed by atoms with Gasteiger partial charge in [0.2, 0.25) is 5.88 Å². The van der Waals surface area contributed by atoms with Crippen LogP contribution in [0.3, 0.4) is 0 Å². The van der Waals surface area contributed by atoms with Crippen molar-refractivity contribution in [3.63, 3.8) is 0 Å². The Morgan fingerprint density at radius 2 is 1.84 bits per heavy atom. The summed E-state index contributed by atoms with van der Waals surface area (Å²) < 4.78 is 64.9. The summed E-state index contributed by atoms with van der Waals surface area (Å²) in [6.45, 7) is -0.728. The largest absolute Gasteiger partial charge is 0.468 e. The number of nitrogens with one attached hydrogen (secondary N) is 2. The molecule has 7 nitrogen and oxygen atoms in total. The van der Waals surface area contributed by atoms with Crippen LogP contribution in [0.1, 0.15) is 11.1 Å². The fraction of sp³-hybridized carbons (Fsp3) is 0.368. The van der Waals surface area contributed by atoms with Crippen LogP contribution in [-0.4, -0.2) is 52.0 Å². The third-order valence-corrected chi connectivity index (χ3v) is 5.08. The van der Waals surface area contributed by atoms with Gasteiger partial charge in [0, 0.05) is 38.2 Å². The molecule has 0 amide bonds. The molecule has 1 heterocycles. The van der Waals surface area contributed by atoms with Gasteiger partial charge in [-0.2, -0.15) is 13.2 Å². The zero-order chi connectivity index (χ0) is 22.2. The van der Waals surface area contributed by atoms with Gasteiger partial charge in [0.05, 0.1) is 4.90 Å². The Morgan fingerprint density at radius 3 is 2.42 bits per heavy atom. The number of hydrogen-bond donors (Lipinski definition) is 2. The Balaban J connectivity index is 0.00000480. The van der Waals surface area contributed by atoms with Gasteiger partial charge >= 0.3 is 6.18 Å². The number of halogens is 4. The number of rotatable bonds is 8. The lowest BCUT2D eigenvalue weighted by Crippen LogP contribution is -2.38. The van der Waals surface area contributed by atoms with Gasteiger partial charge in [-0.15, -0.1) is 24.0 Å². The van der Waals surface area contributed by atoms with E-state index in [0.717, 1.165) is 11.8 Å². The maximum absolute atomic E-state index is 12.4. The molecule has 0 radical (unpaired) electrons. The summed E-state index contributed by atoms with van der Waals surface area (Å²) in [5, 5.41) is 6.09. The molecule has 0 aliphatic heterocycles. The first-order valence-electron chi connectivity index (χ1n) is 8.95. The van der Waals surface area contributed by atoms with Crippen molar-refractivity contribution in [1.82, 2.24) is 15.6 Å². The second-order valence-corrected chi connectivity index (χ2v) is 8.41. The third kappa shape index (κ3) is 9.72. The summed E-state index contributed by atoms with van der Waals surface area (Å²) in [6, 6.07) is 9.82. The number of alkyl halides is 3. The topological polar surface area (TPSA) is 92.7 Å². The highest BCUT2D eigenvalue weighted by atomic mass is 127. The van der Waals surface area contributed by atoms with Crippen LogP contribution in [0.5, 0.6) is 5.88 Å². The first-order chi connectivity index (χ1) is 14.1. The van der Waals surface area contributed by atoms with Gasteiger partial charge in [-0.3, -0.25) is 4.99 Å². The number of aliphatic imine (C=N–C) groups is 1. The number of sulfone groups is 1. The lowest BCUT2D eigenvalue weighted by molar-refractivity contribution is -0.154. The molecule has 0 fully saturated rings. The highest BCUT2D eigenvalue weighted by molar-refractivity contribution is 14.0. The Hall–Kier alpha value is -2.09. The minimum Gasteiger partial charge on any atom is -0.468 e. The van der Waals surface area contributed by atoms with E-state index < -0.39 is 22.6 Å². The van der Waals surface area contributed by atoms with Crippen LogP contribution in [0.25, 0.3) is 0 Å². The number of pyridine rings is 1. The molecule has 2 rings (SSSR count). The van der Waals surface area contributed by atoms with Crippen LogP contribution >= 0.6 is 24.0 Å². The Labute approximate surface area is 196 Å². The minimum atomic E-state index is -4.45. The van der Waals surface area contributed by atoms with Gasteiger partial charge in [0.15, 0.2) is 22.4 Å². The summed E-state index contributed by atoms with van der Waals surface area (Å²) >= 11 is 0. The summed E-state index contributed by atoms with van der Waals surface area (Å²) in [5.41, 5.74) is 1.40. The van der Waals surface area contributed by atoms with Gasteiger partial charge in [-0.1, -0.05) is 18.2 Å². The fourth-order valence-corrected chi connectivity index (χ4v) is 3.10. The summed E-state index contributed by atoms with van der Waals surface area (Å²) in [4.78, 5) is 8.18. The van der Waals surface area contributed by atoms with Crippen molar-refractivity contribution in [2.45, 2.75) is 24.0 Å². The lowest BCUT2D eigenvalue weighted by Gasteiger charge is -2.15. The molecule has 0 bridgehead atoms. The third-order valence-electron chi connectivity index (χ3n) is 3.95. The second-order valence-electron chi connectivity index (χ2n) is 6.39. The molecular formula is C19H24F3IN4O3S. The SMILES string of the molecule is CN=C(NCCc1ccc(S(C)(=O)=O)cc1)NCc1cccnc1OCC(F)(F)F.I. The summed E-state index contributed by atoms with van der Waals surface area (Å²) in [6.07, 6.45) is -1.31. The van der Waals surface area contributed by atoms with Crippen molar-refractivity contribution in [1.29, 1.82) is 0 Å². The number of benzene rings is 1. The van der Waals surface area contributed by atoms with Crippen LogP contribution in [-0.2, 0) is 22.8 Å². The van der Waals surface area contributed by atoms with Gasteiger partial charge in [-0.25, -0.2) is 13.4 Å². The molecule has 0 spiro atoms. The maximum Gasteiger partial charge on any atom is 0.422 e. The van der Waals surface area contributed by atoms with E-state index in [9.17, 15) is 21.6 Å². The molecule has 2 N–H and O–H groups in total. The van der Waals surface area contributed by atoms with E-state index in [0.29, 0.717) is 24.5 Å². The number of guanidine groups is 1. The average Bonchev–Trinajstić information content (AvgIpc) is 2.68. The number of hydrogen-bond acceptors (Lipinski definition) is 5. The molecule has 0 aliphatic rings. The molecule has 31 heavy (non-hydrogen) atoms. The van der Waals surface area contributed by atoms with Crippen LogP contribution in [0.2, 0.25) is 0 Å². The zero-order valence-corrected chi connectivity index (χ0v) is 20.1. The van der Waals surface area contributed by atoms with Crippen LogP contribution in [0.15, 0.2) is 52.5 Å². The normalized spacial score (nSPS) is 12.1. The lowest BCUT2D eigenvalue weighted by atomic mass is 10.1. The van der Waals surface area contributed by atoms with Crippen molar-refractivity contribution in [3.05, 3.63) is 53.7 Å². The Bertz CT molecular complexity index is 968. The fourth-order valence-electron chi connectivity index (χ4n) is 2.47. The molecule has 0 unspecified atom stereocenters. The molecule has 172 valence electrons. The van der Waals surface area contributed by atoms with E-state index in [1.54, 1.807) is 43.4 Å². The predicted octanol–water partition coefficient (Wildman–Crippen LogP) is 2.95. The van der Waals surface area contributed by atoms with Gasteiger partial charge < -0.3 is 15.4 Å². The van der Waals surface area contributed by atoms with Crippen molar-refractivity contribution in [3.8, 4) is 5.88 Å². The molecule has 1 aromatic carbocycles. The zero-order valence-electron chi connectivity index (χ0n) is 16.9. The molecule has 0 saturated heterocycles. The molecule has 1 aromatic heterocycles. The second kappa shape index (κ2) is 12.1. The van der Waals surface area contributed by atoms with Gasteiger partial charge in [0.25, 0.3) is 0 Å². The smallest absolute Gasteiger partial charge is 0.422 e. The average molecular weight is 572 g/mol. The number of aromatic nitrogens is 1. The molecule has 12 heteroatoms. The van der Waals surface area contributed by atoms with E-state index >= 15 is 0 Å². The molecule has 0 aliphatic carbocycles. The van der Waals surface area contributed by atoms with Crippen molar-refractivity contribution >= 4 is 39.8 Å². The van der Waals surface area contributed by atoms with E-state index in [4.69, 9.17) is 4.74 Å². The monoisotopic (exact) mass is 572 g/mol. The Kier molecular flexibility index (Phi) is 10.5. The quantitative estimate of drug-likeness (QED) is 0.287. The van der Waals surface area contributed by atoms with E-state index in [-0.39, 0.29) is 41.3 Å². The summed E-state index contributed by atoms with van der Waals surface area (Å²) in [7, 11) is -1.66. The molecule has 2 aromatic rings. The highest BCUT2D eigenvalue weighted by Crippen LogP contribution is 2.19. The van der Waals surface area contributed by atoms with E-state index in [2.05, 4.69) is 20.6 Å². The first-order valence-corrected chi connectivity index (χ1v) is 10.8. The molecule has 0 atom stereocenters. The summed E-state index contributed by atoms with van der Waals surface area (Å²) in [5.74, 6) is 0.358. The van der Waals surface area contributed by atoms with Crippen LogP contribution in [0.4, 0.5) is 13.2 Å². The van der Waals surface area contributed by atoms with Crippen LogP contribution < -0.4 is 15.4 Å². The first kappa shape index (κ1) is 26.9. The Morgan fingerprint density at radius 1 is 1.16 bits per heavy atom. The van der Waals surface area contributed by atoms with Crippen LogP contribution in [0, 0.1) is 0 Å². The standard InChI is InChI=1S/C19H23F3N4O3S.HI/c1-23-18(25-11-9-14-5-7-16(8-6-14)30(2,27)28)26-12-15-4-3-10-24-17(15)29-13-19(20,21)22;/h3-8,10H,9,11-13H2,1-2H3,(H2,23,25,26);1H. The van der Waals surface area contributed by atoms with E-state index in [1.807, 2.05) is 0 Å². The van der Waals surface area contributed by atoms with Crippen molar-refractivity contribution < 1.29 is 26.3 Å². The van der Waals surface area contributed by atoms with E-state index in [1.165, 1.54) is 6.20 Å². The molecular weight excluding hydrogens is 548 g/mol. The number of nitrogens with zero attached hydrogens (tertiary/aromatic N) is 2. The van der Waals surface area contributed by atoms with Crippen molar-refractivity contribution in [2.24, 2.45) is 4.99 Å². The van der Waals surface area contributed by atoms with Gasteiger partial charge in [0.1, 0.15) is 0 Å². The number of ether oxygens (including phenoxy) is 1. The maximum atomic E-state index is 12.4. The van der Waals surface area contributed by atoms with Crippen molar-refractivity contribution in [2.75, 3.05) is 26.5 Å². The van der Waals surface area contributed by atoms with Gasteiger partial charge in [-0.05, 0) is 30.2 Å². The highest BCUT2D eigenvalue weighted by Gasteiger charge is 2.29.